The third-order valence-corrected chi connectivity index (χ3v) is 8.22. The molecule has 0 saturated carbocycles. The summed E-state index contributed by atoms with van der Waals surface area (Å²) < 4.78 is 0. The Bertz CT molecular complexity index is 2160. The van der Waals surface area contributed by atoms with Gasteiger partial charge in [0.05, 0.1) is 0 Å². The Morgan fingerprint density at radius 1 is 0.268 bits per heavy atom. The van der Waals surface area contributed by atoms with Crippen LogP contribution in [0, 0.1) is 0 Å². The van der Waals surface area contributed by atoms with Crippen LogP contribution in [0.3, 0.4) is 0 Å². The molecule has 1 heteroatoms. The zero-order valence-electron chi connectivity index (χ0n) is 22.6. The highest BCUT2D eigenvalue weighted by Gasteiger charge is 2.17. The lowest BCUT2D eigenvalue weighted by molar-refractivity contribution is 1.63. The van der Waals surface area contributed by atoms with Crippen molar-refractivity contribution in [2.75, 3.05) is 0 Å². The van der Waals surface area contributed by atoms with Crippen LogP contribution >= 0.6 is 0 Å². The van der Waals surface area contributed by atoms with Crippen molar-refractivity contribution in [3.63, 3.8) is 0 Å². The molecule has 0 heterocycles. The molecule has 8 aromatic rings. The Labute approximate surface area is 242 Å². The van der Waals surface area contributed by atoms with Crippen LogP contribution in [0.5, 0.6) is 0 Å². The van der Waals surface area contributed by atoms with Crippen molar-refractivity contribution < 1.29 is 0 Å². The van der Waals surface area contributed by atoms with E-state index in [0.29, 0.717) is 0 Å². The van der Waals surface area contributed by atoms with Crippen LogP contribution in [-0.2, 0) is 0 Å². The van der Waals surface area contributed by atoms with Gasteiger partial charge < -0.3 is 0 Å². The summed E-state index contributed by atoms with van der Waals surface area (Å²) in [7, 11) is 0. The van der Waals surface area contributed by atoms with Crippen LogP contribution in [0.4, 0.5) is 0 Å². The molecular formula is C40H26B. The first-order valence-electron chi connectivity index (χ1n) is 13.9. The maximum Gasteiger partial charge on any atom is 0 e. The molecule has 0 saturated heterocycles. The summed E-state index contributed by atoms with van der Waals surface area (Å²) in [5.74, 6) is 0. The fourth-order valence-corrected chi connectivity index (χ4v) is 6.41. The van der Waals surface area contributed by atoms with Gasteiger partial charge in [0.1, 0.15) is 0 Å². The second-order valence-corrected chi connectivity index (χ2v) is 10.5. The number of benzene rings is 8. The molecule has 0 nitrogen and oxygen atoms in total. The largest absolute Gasteiger partial charge is 0.0616 e. The fraction of sp³-hybridized carbons (Fsp3) is 0. The van der Waals surface area contributed by atoms with Gasteiger partial charge in [0.2, 0.25) is 0 Å². The Morgan fingerprint density at radius 3 is 1.39 bits per heavy atom. The average molecular weight is 517 g/mol. The maximum atomic E-state index is 2.37. The molecule has 0 aliphatic carbocycles. The summed E-state index contributed by atoms with van der Waals surface area (Å²) in [5, 5.41) is 10.2. The van der Waals surface area contributed by atoms with Crippen molar-refractivity contribution in [3.05, 3.63) is 158 Å². The average Bonchev–Trinajstić information content (AvgIpc) is 3.03. The summed E-state index contributed by atoms with van der Waals surface area (Å²) in [6.45, 7) is 0. The third kappa shape index (κ3) is 4.10. The fourth-order valence-electron chi connectivity index (χ4n) is 6.41. The second-order valence-electron chi connectivity index (χ2n) is 10.5. The molecule has 0 amide bonds. The highest BCUT2D eigenvalue weighted by atomic mass is 14.2. The summed E-state index contributed by atoms with van der Waals surface area (Å²) in [5.41, 5.74) is 7.58. The molecule has 0 aromatic heterocycles. The minimum Gasteiger partial charge on any atom is -0.0616 e. The van der Waals surface area contributed by atoms with Crippen molar-refractivity contribution in [2.45, 2.75) is 0 Å². The van der Waals surface area contributed by atoms with Gasteiger partial charge in [-0.2, -0.15) is 0 Å². The van der Waals surface area contributed by atoms with Gasteiger partial charge in [-0.3, -0.25) is 0 Å². The zero-order valence-corrected chi connectivity index (χ0v) is 22.6. The first-order valence-corrected chi connectivity index (χ1v) is 13.9. The predicted molar refractivity (Wildman–Crippen MR) is 179 cm³/mol. The van der Waals surface area contributed by atoms with Gasteiger partial charge in [0.25, 0.3) is 0 Å². The summed E-state index contributed by atoms with van der Waals surface area (Å²) in [6.07, 6.45) is 0. The third-order valence-electron chi connectivity index (χ3n) is 8.22. The lowest BCUT2D eigenvalue weighted by Gasteiger charge is -2.18. The van der Waals surface area contributed by atoms with Crippen LogP contribution in [0.2, 0.25) is 0 Å². The molecule has 8 rings (SSSR count). The van der Waals surface area contributed by atoms with E-state index in [0.717, 1.165) is 0 Å². The summed E-state index contributed by atoms with van der Waals surface area (Å²) in [4.78, 5) is 0. The van der Waals surface area contributed by atoms with E-state index in [1.807, 2.05) is 0 Å². The Balaban J connectivity index is 0.00000276. The number of hydrogen-bond donors (Lipinski definition) is 0. The normalized spacial score (nSPS) is 11.2. The molecule has 41 heavy (non-hydrogen) atoms. The van der Waals surface area contributed by atoms with E-state index in [2.05, 4.69) is 158 Å². The van der Waals surface area contributed by atoms with Crippen molar-refractivity contribution in [1.82, 2.24) is 0 Å². The van der Waals surface area contributed by atoms with Crippen molar-refractivity contribution in [1.29, 1.82) is 0 Å². The molecule has 0 unspecified atom stereocenters. The SMILES string of the molecule is [B].c1cc(-c2cccc3ccccc23)cc(-c2c3ccccc3c(-c3ccc4ccccc4c3)c3ccccc23)c1. The van der Waals surface area contributed by atoms with E-state index in [4.69, 9.17) is 0 Å². The lowest BCUT2D eigenvalue weighted by atomic mass is 9.85. The van der Waals surface area contributed by atoms with Gasteiger partial charge in [0.15, 0.2) is 0 Å². The minimum absolute atomic E-state index is 0. The maximum absolute atomic E-state index is 2.37. The van der Waals surface area contributed by atoms with Gasteiger partial charge in [0, 0.05) is 8.41 Å². The molecule has 3 radical (unpaired) electrons. The van der Waals surface area contributed by atoms with E-state index in [1.54, 1.807) is 0 Å². The standard InChI is InChI=1S/C40H26.B/c1-2-13-29-25-32(24-23-27(29)11-1)40-37-20-7-5-18-35(37)39(36-19-6-8-21-38(36)40)31-16-9-15-30(26-31)34-22-10-14-28-12-3-4-17-33(28)34;/h1-26H;. The molecule has 8 aromatic carbocycles. The Morgan fingerprint density at radius 2 is 0.732 bits per heavy atom. The van der Waals surface area contributed by atoms with Gasteiger partial charge in [-0.05, 0) is 88.6 Å². The van der Waals surface area contributed by atoms with Crippen molar-refractivity contribution >= 4 is 51.5 Å². The molecule has 0 spiro atoms. The van der Waals surface area contributed by atoms with E-state index >= 15 is 0 Å². The highest BCUT2D eigenvalue weighted by Crippen LogP contribution is 2.44. The van der Waals surface area contributed by atoms with Crippen LogP contribution in [0.15, 0.2) is 158 Å². The van der Waals surface area contributed by atoms with Crippen LogP contribution in [0.1, 0.15) is 0 Å². The molecule has 0 N–H and O–H groups in total. The topological polar surface area (TPSA) is 0 Å². The van der Waals surface area contributed by atoms with Gasteiger partial charge in [-0.15, -0.1) is 0 Å². The molecule has 0 aliphatic rings. The zero-order chi connectivity index (χ0) is 26.5. The van der Waals surface area contributed by atoms with E-state index in [9.17, 15) is 0 Å². The molecule has 189 valence electrons. The Kier molecular flexibility index (Phi) is 6.14. The molecular weight excluding hydrogens is 491 g/mol. The van der Waals surface area contributed by atoms with Crippen molar-refractivity contribution in [3.8, 4) is 33.4 Å². The molecule has 0 aliphatic heterocycles. The minimum atomic E-state index is 0. The molecule has 0 bridgehead atoms. The summed E-state index contributed by atoms with van der Waals surface area (Å²) >= 11 is 0. The smallest absolute Gasteiger partial charge is 0 e. The summed E-state index contributed by atoms with van der Waals surface area (Å²) in [6, 6.07) is 57.6. The van der Waals surface area contributed by atoms with Gasteiger partial charge in [-0.1, -0.05) is 146 Å². The van der Waals surface area contributed by atoms with E-state index in [1.165, 1.54) is 76.5 Å². The van der Waals surface area contributed by atoms with Crippen LogP contribution in [-0.4, -0.2) is 8.41 Å². The first kappa shape index (κ1) is 24.9. The highest BCUT2D eigenvalue weighted by molar-refractivity contribution is 6.22. The van der Waals surface area contributed by atoms with Gasteiger partial charge in [-0.25, -0.2) is 0 Å². The van der Waals surface area contributed by atoms with Crippen LogP contribution < -0.4 is 0 Å². The second kappa shape index (κ2) is 10.1. The van der Waals surface area contributed by atoms with E-state index < -0.39 is 0 Å². The quantitative estimate of drug-likeness (QED) is 0.162. The van der Waals surface area contributed by atoms with Crippen molar-refractivity contribution in [2.24, 2.45) is 0 Å². The van der Waals surface area contributed by atoms with Gasteiger partial charge >= 0.3 is 0 Å². The number of hydrogen-bond acceptors (Lipinski definition) is 0. The number of fused-ring (bicyclic) bond motifs is 4. The Hall–Kier alpha value is -5.14. The first-order chi connectivity index (χ1) is 19.8. The van der Waals surface area contributed by atoms with E-state index in [-0.39, 0.29) is 8.41 Å². The molecule has 0 fully saturated rings. The lowest BCUT2D eigenvalue weighted by Crippen LogP contribution is -1.91. The molecule has 0 atom stereocenters. The number of rotatable bonds is 3. The van der Waals surface area contributed by atoms with Crippen LogP contribution in [0.25, 0.3) is 76.5 Å². The predicted octanol–water partition coefficient (Wildman–Crippen LogP) is 10.9. The monoisotopic (exact) mass is 517 g/mol.